The van der Waals surface area contributed by atoms with Gasteiger partial charge in [-0.3, -0.25) is 9.82 Å². The van der Waals surface area contributed by atoms with E-state index in [1.807, 2.05) is 24.3 Å². The minimum absolute atomic E-state index is 0.265. The third-order valence-corrected chi connectivity index (χ3v) is 5.62. The van der Waals surface area contributed by atoms with Gasteiger partial charge in [0, 0.05) is 24.5 Å². The summed E-state index contributed by atoms with van der Waals surface area (Å²) in [5.74, 6) is 0. The molecule has 25 heavy (non-hydrogen) atoms. The number of piperidine rings is 1. The molecule has 3 heterocycles. The minimum atomic E-state index is -0.518. The highest BCUT2D eigenvalue weighted by molar-refractivity contribution is 6.30. The maximum absolute atomic E-state index is 9.96. The van der Waals surface area contributed by atoms with Crippen LogP contribution in [0, 0.1) is 11.3 Å². The Bertz CT molecular complexity index is 775. The Hall–Kier alpha value is -1.93. The summed E-state index contributed by atoms with van der Waals surface area (Å²) in [5.41, 5.74) is 1.58. The van der Waals surface area contributed by atoms with Crippen molar-refractivity contribution in [2.75, 3.05) is 0 Å². The molecule has 2 aromatic rings. The summed E-state index contributed by atoms with van der Waals surface area (Å²) in [6, 6.07) is 15.2. The lowest BCUT2D eigenvalue weighted by Crippen LogP contribution is -2.48. The summed E-state index contributed by atoms with van der Waals surface area (Å²) >= 11 is 6.11. The lowest BCUT2D eigenvalue weighted by molar-refractivity contribution is -0.219. The van der Waals surface area contributed by atoms with Gasteiger partial charge in [-0.05, 0) is 42.9 Å². The Morgan fingerprint density at radius 2 is 1.92 bits per heavy atom. The molecule has 1 aromatic carbocycles. The molecule has 5 heteroatoms. The monoisotopic (exact) mass is 353 g/mol. The van der Waals surface area contributed by atoms with Crippen molar-refractivity contribution in [3.63, 3.8) is 0 Å². The van der Waals surface area contributed by atoms with Crippen LogP contribution in [0.5, 0.6) is 0 Å². The van der Waals surface area contributed by atoms with Crippen LogP contribution >= 0.6 is 11.6 Å². The van der Waals surface area contributed by atoms with Crippen LogP contribution in [0.25, 0.3) is 0 Å². The maximum Gasteiger partial charge on any atom is 0.0936 e. The predicted octanol–water partition coefficient (Wildman–Crippen LogP) is 4.25. The molecule has 0 radical (unpaired) electrons. The van der Waals surface area contributed by atoms with Gasteiger partial charge in [0.05, 0.1) is 23.1 Å². The summed E-state index contributed by atoms with van der Waals surface area (Å²) in [6.07, 6.45) is 7.05. The van der Waals surface area contributed by atoms with Crippen molar-refractivity contribution < 1.29 is 4.84 Å². The lowest BCUT2D eigenvalue weighted by Gasteiger charge is -2.42. The Morgan fingerprint density at radius 3 is 2.56 bits per heavy atom. The number of halogens is 1. The van der Waals surface area contributed by atoms with Crippen molar-refractivity contribution in [2.45, 2.75) is 49.8 Å². The second-order valence-corrected chi connectivity index (χ2v) is 7.43. The molecule has 2 atom stereocenters. The molecule has 2 unspecified atom stereocenters. The van der Waals surface area contributed by atoms with E-state index >= 15 is 0 Å². The molecule has 0 saturated carbocycles. The molecule has 128 valence electrons. The van der Waals surface area contributed by atoms with Crippen molar-refractivity contribution >= 4 is 11.6 Å². The Labute approximate surface area is 153 Å². The smallest absolute Gasteiger partial charge is 0.0936 e. The standard InChI is InChI=1S/C20H20ClN3O/c21-17-8-16(11-23-12-17)20(14-22)9-18-6-7-19(10-20)24(18)25-13-15-4-2-1-3-5-15/h1-5,8,11-12,18-19H,6-7,9-10,13H2. The van der Waals surface area contributed by atoms with Crippen LogP contribution in [0.3, 0.4) is 0 Å². The van der Waals surface area contributed by atoms with Gasteiger partial charge in [-0.2, -0.15) is 10.3 Å². The van der Waals surface area contributed by atoms with Crippen molar-refractivity contribution in [1.82, 2.24) is 10.0 Å². The molecular weight excluding hydrogens is 334 g/mol. The Kier molecular flexibility index (Phi) is 4.47. The van der Waals surface area contributed by atoms with E-state index in [1.165, 1.54) is 0 Å². The van der Waals surface area contributed by atoms with Crippen molar-refractivity contribution in [2.24, 2.45) is 0 Å². The first-order chi connectivity index (χ1) is 12.2. The number of nitriles is 1. The average molecular weight is 354 g/mol. The third-order valence-electron chi connectivity index (χ3n) is 5.42. The quantitative estimate of drug-likeness (QED) is 0.824. The normalized spacial score (nSPS) is 28.6. The first-order valence-corrected chi connectivity index (χ1v) is 9.05. The second kappa shape index (κ2) is 6.76. The molecule has 0 aliphatic carbocycles. The summed E-state index contributed by atoms with van der Waals surface area (Å²) in [5, 5.41) is 12.7. The van der Waals surface area contributed by atoms with Gasteiger partial charge in [-0.1, -0.05) is 41.9 Å². The zero-order valence-electron chi connectivity index (χ0n) is 13.9. The zero-order chi connectivity index (χ0) is 17.3. The summed E-state index contributed by atoms with van der Waals surface area (Å²) < 4.78 is 0. The van der Waals surface area contributed by atoms with Crippen LogP contribution in [0.2, 0.25) is 5.02 Å². The zero-order valence-corrected chi connectivity index (χ0v) is 14.7. The first kappa shape index (κ1) is 16.5. The Balaban J connectivity index is 1.52. The van der Waals surface area contributed by atoms with Gasteiger partial charge < -0.3 is 0 Å². The predicted molar refractivity (Wildman–Crippen MR) is 95.7 cm³/mol. The molecule has 4 rings (SSSR count). The number of fused-ring (bicyclic) bond motifs is 2. The van der Waals surface area contributed by atoms with E-state index in [0.29, 0.717) is 11.6 Å². The van der Waals surface area contributed by atoms with Crippen LogP contribution in [-0.2, 0) is 16.9 Å². The molecule has 1 aromatic heterocycles. The van der Waals surface area contributed by atoms with E-state index in [9.17, 15) is 5.26 Å². The Morgan fingerprint density at radius 1 is 1.20 bits per heavy atom. The van der Waals surface area contributed by atoms with Crippen molar-refractivity contribution in [3.05, 3.63) is 64.9 Å². The highest BCUT2D eigenvalue weighted by atomic mass is 35.5. The molecule has 2 aliphatic rings. The van der Waals surface area contributed by atoms with Gasteiger partial charge in [-0.15, -0.1) is 0 Å². The van der Waals surface area contributed by atoms with Gasteiger partial charge >= 0.3 is 0 Å². The van der Waals surface area contributed by atoms with Gasteiger partial charge in [0.15, 0.2) is 0 Å². The summed E-state index contributed by atoms with van der Waals surface area (Å²) in [7, 11) is 0. The number of rotatable bonds is 4. The SMILES string of the molecule is N#CC1(c2cncc(Cl)c2)CC2CCC(C1)N2OCc1ccccc1. The second-order valence-electron chi connectivity index (χ2n) is 7.00. The fraction of sp³-hybridized carbons (Fsp3) is 0.400. The lowest BCUT2D eigenvalue weighted by atomic mass is 9.72. The number of hydroxylamine groups is 2. The fourth-order valence-corrected chi connectivity index (χ4v) is 4.38. The fourth-order valence-electron chi connectivity index (χ4n) is 4.21. The van der Waals surface area contributed by atoms with Gasteiger partial charge in [0.1, 0.15) is 0 Å². The molecule has 2 saturated heterocycles. The largest absolute Gasteiger partial charge is 0.294 e. The van der Waals surface area contributed by atoms with E-state index in [4.69, 9.17) is 16.4 Å². The maximum atomic E-state index is 9.96. The first-order valence-electron chi connectivity index (χ1n) is 8.68. The van der Waals surface area contributed by atoms with Gasteiger partial charge in [0.25, 0.3) is 0 Å². The minimum Gasteiger partial charge on any atom is -0.294 e. The van der Waals surface area contributed by atoms with Crippen LogP contribution in [0.15, 0.2) is 48.8 Å². The molecule has 0 N–H and O–H groups in total. The van der Waals surface area contributed by atoms with Crippen LogP contribution in [-0.4, -0.2) is 22.1 Å². The van der Waals surface area contributed by atoms with Gasteiger partial charge in [0.2, 0.25) is 0 Å². The molecule has 2 fully saturated rings. The number of pyridine rings is 1. The van der Waals surface area contributed by atoms with E-state index in [-0.39, 0.29) is 12.1 Å². The van der Waals surface area contributed by atoms with E-state index in [2.05, 4.69) is 28.2 Å². The third kappa shape index (κ3) is 3.16. The summed E-state index contributed by atoms with van der Waals surface area (Å²) in [4.78, 5) is 10.3. The molecule has 2 aliphatic heterocycles. The number of aromatic nitrogens is 1. The number of hydrogen-bond donors (Lipinski definition) is 0. The van der Waals surface area contributed by atoms with Crippen LogP contribution in [0.4, 0.5) is 0 Å². The van der Waals surface area contributed by atoms with Gasteiger partial charge in [-0.25, -0.2) is 0 Å². The summed E-state index contributed by atoms with van der Waals surface area (Å²) in [6.45, 7) is 0.576. The van der Waals surface area contributed by atoms with Crippen molar-refractivity contribution in [1.29, 1.82) is 5.26 Å². The highest BCUT2D eigenvalue weighted by Gasteiger charge is 2.50. The average Bonchev–Trinajstić information content (AvgIpc) is 2.89. The van der Waals surface area contributed by atoms with Crippen molar-refractivity contribution in [3.8, 4) is 6.07 Å². The van der Waals surface area contributed by atoms with Crippen LogP contribution < -0.4 is 0 Å². The van der Waals surface area contributed by atoms with E-state index in [0.717, 1.165) is 36.8 Å². The molecule has 0 amide bonds. The number of nitrogens with zero attached hydrogens (tertiary/aromatic N) is 3. The van der Waals surface area contributed by atoms with E-state index < -0.39 is 5.41 Å². The number of benzene rings is 1. The molecule has 4 nitrogen and oxygen atoms in total. The van der Waals surface area contributed by atoms with E-state index in [1.54, 1.807) is 12.4 Å². The topological polar surface area (TPSA) is 49.2 Å². The molecule has 0 spiro atoms. The molecule has 2 bridgehead atoms. The number of hydrogen-bond acceptors (Lipinski definition) is 4. The highest BCUT2D eigenvalue weighted by Crippen LogP contribution is 2.47. The van der Waals surface area contributed by atoms with Crippen LogP contribution in [0.1, 0.15) is 36.8 Å². The molecular formula is C20H20ClN3O.